The Hall–Kier alpha value is -1.94. The van der Waals surface area contributed by atoms with Gasteiger partial charge in [-0.25, -0.2) is 0 Å². The first-order chi connectivity index (χ1) is 9.95. The lowest BCUT2D eigenvalue weighted by Gasteiger charge is -2.06. The van der Waals surface area contributed by atoms with Crippen molar-refractivity contribution in [1.29, 1.82) is 0 Å². The summed E-state index contributed by atoms with van der Waals surface area (Å²) >= 11 is 4.28. The smallest absolute Gasteiger partial charge is 0.277 e. The van der Waals surface area contributed by atoms with Crippen LogP contribution < -0.4 is 5.32 Å². The maximum atomic E-state index is 11.8. The predicted molar refractivity (Wildman–Crippen MR) is 79.2 cm³/mol. The second-order valence-electron chi connectivity index (χ2n) is 3.85. The number of non-ortho nitro benzene ring substituents is 1. The minimum absolute atomic E-state index is 0.0596. The van der Waals surface area contributed by atoms with E-state index < -0.39 is 4.92 Å². The van der Waals surface area contributed by atoms with Gasteiger partial charge in [-0.2, -0.15) is 0 Å². The Morgan fingerprint density at radius 1 is 1.52 bits per heavy atom. The van der Waals surface area contributed by atoms with Crippen molar-refractivity contribution >= 4 is 45.0 Å². The molecular formula is C11H9BrN4O4S. The highest BCUT2D eigenvalue weighted by Crippen LogP contribution is 2.27. The number of carbonyl (C=O) groups is 1. The number of nitro groups is 1. The Morgan fingerprint density at radius 2 is 2.29 bits per heavy atom. The molecule has 10 heteroatoms. The van der Waals surface area contributed by atoms with Crippen molar-refractivity contribution in [3.8, 4) is 0 Å². The number of rotatable bonds is 5. The Morgan fingerprint density at radius 3 is 2.86 bits per heavy atom. The minimum atomic E-state index is -0.510. The molecule has 0 saturated carbocycles. The van der Waals surface area contributed by atoms with Gasteiger partial charge < -0.3 is 9.73 Å². The highest BCUT2D eigenvalue weighted by molar-refractivity contribution is 9.10. The van der Waals surface area contributed by atoms with Gasteiger partial charge in [-0.1, -0.05) is 11.8 Å². The van der Waals surface area contributed by atoms with Gasteiger partial charge in [-0.3, -0.25) is 14.9 Å². The zero-order valence-electron chi connectivity index (χ0n) is 10.7. The van der Waals surface area contributed by atoms with Crippen molar-refractivity contribution in [2.45, 2.75) is 12.1 Å². The van der Waals surface area contributed by atoms with Gasteiger partial charge in [0.25, 0.3) is 10.9 Å². The van der Waals surface area contributed by atoms with Crippen LogP contribution in [0.3, 0.4) is 0 Å². The van der Waals surface area contributed by atoms with Crippen LogP contribution in [0, 0.1) is 17.0 Å². The third-order valence-corrected chi connectivity index (χ3v) is 3.75. The number of anilines is 1. The van der Waals surface area contributed by atoms with Crippen molar-refractivity contribution in [2.75, 3.05) is 11.1 Å². The van der Waals surface area contributed by atoms with Gasteiger partial charge in [0.1, 0.15) is 0 Å². The van der Waals surface area contributed by atoms with E-state index in [4.69, 9.17) is 4.42 Å². The van der Waals surface area contributed by atoms with Crippen LogP contribution in [-0.4, -0.2) is 26.8 Å². The molecule has 0 aliphatic heterocycles. The quantitative estimate of drug-likeness (QED) is 0.487. The Kier molecular flexibility index (Phi) is 4.91. The molecule has 2 aromatic rings. The summed E-state index contributed by atoms with van der Waals surface area (Å²) in [6.07, 6.45) is 0. The molecule has 0 fully saturated rings. The third-order valence-electron chi connectivity index (χ3n) is 2.27. The number of aromatic nitrogens is 2. The zero-order valence-corrected chi connectivity index (χ0v) is 13.1. The van der Waals surface area contributed by atoms with Gasteiger partial charge in [0, 0.05) is 23.5 Å². The number of halogens is 1. The van der Waals surface area contributed by atoms with E-state index in [0.29, 0.717) is 21.3 Å². The van der Waals surface area contributed by atoms with E-state index in [9.17, 15) is 14.9 Å². The summed E-state index contributed by atoms with van der Waals surface area (Å²) < 4.78 is 5.56. The van der Waals surface area contributed by atoms with E-state index >= 15 is 0 Å². The standard InChI is InChI=1S/C11H9BrN4O4S/c1-6-14-15-11(20-6)21-5-10(17)13-9-3-2-7(16(18)19)4-8(9)12/h2-4H,5H2,1H3,(H,13,17). The molecule has 0 bridgehead atoms. The number of thioether (sulfide) groups is 1. The fourth-order valence-electron chi connectivity index (χ4n) is 1.37. The van der Waals surface area contributed by atoms with E-state index in [2.05, 4.69) is 31.4 Å². The normalized spacial score (nSPS) is 10.4. The summed E-state index contributed by atoms with van der Waals surface area (Å²) in [6, 6.07) is 4.10. The molecule has 1 aromatic carbocycles. The number of hydrogen-bond donors (Lipinski definition) is 1. The van der Waals surface area contributed by atoms with Crippen LogP contribution in [0.1, 0.15) is 5.89 Å². The lowest BCUT2D eigenvalue weighted by molar-refractivity contribution is -0.384. The van der Waals surface area contributed by atoms with Gasteiger partial charge in [0.2, 0.25) is 11.8 Å². The molecular weight excluding hydrogens is 364 g/mol. The summed E-state index contributed by atoms with van der Waals surface area (Å²) in [5.41, 5.74) is 0.392. The number of carbonyl (C=O) groups excluding carboxylic acids is 1. The van der Waals surface area contributed by atoms with Gasteiger partial charge in [-0.05, 0) is 22.0 Å². The second-order valence-corrected chi connectivity index (χ2v) is 5.63. The van der Waals surface area contributed by atoms with Crippen molar-refractivity contribution in [3.63, 3.8) is 0 Å². The molecule has 110 valence electrons. The second kappa shape index (κ2) is 6.68. The van der Waals surface area contributed by atoms with E-state index in [1.807, 2.05) is 0 Å². The first-order valence-electron chi connectivity index (χ1n) is 5.62. The van der Waals surface area contributed by atoms with E-state index in [1.165, 1.54) is 18.2 Å². The van der Waals surface area contributed by atoms with Crippen molar-refractivity contribution < 1.29 is 14.1 Å². The molecule has 1 heterocycles. The number of nitrogens with zero attached hydrogens (tertiary/aromatic N) is 3. The lowest BCUT2D eigenvalue weighted by atomic mass is 10.3. The number of benzene rings is 1. The minimum Gasteiger partial charge on any atom is -0.416 e. The van der Waals surface area contributed by atoms with Gasteiger partial charge >= 0.3 is 0 Å². The van der Waals surface area contributed by atoms with E-state index in [0.717, 1.165) is 11.8 Å². The van der Waals surface area contributed by atoms with Gasteiger partial charge in [-0.15, -0.1) is 10.2 Å². The van der Waals surface area contributed by atoms with Gasteiger partial charge in [0.15, 0.2) is 0 Å². The molecule has 0 unspecified atom stereocenters. The Bertz CT molecular complexity index is 691. The molecule has 1 N–H and O–H groups in total. The lowest BCUT2D eigenvalue weighted by Crippen LogP contribution is -2.14. The summed E-state index contributed by atoms with van der Waals surface area (Å²) in [7, 11) is 0. The number of hydrogen-bond acceptors (Lipinski definition) is 7. The van der Waals surface area contributed by atoms with Crippen molar-refractivity contribution in [3.05, 3.63) is 38.7 Å². The summed E-state index contributed by atoms with van der Waals surface area (Å²) in [6.45, 7) is 1.66. The average molecular weight is 373 g/mol. The molecule has 0 saturated heterocycles. The molecule has 0 radical (unpaired) electrons. The fourth-order valence-corrected chi connectivity index (χ4v) is 2.44. The van der Waals surface area contributed by atoms with Crippen LogP contribution in [0.5, 0.6) is 0 Å². The van der Waals surface area contributed by atoms with Crippen LogP contribution in [0.2, 0.25) is 0 Å². The molecule has 2 rings (SSSR count). The molecule has 0 aliphatic carbocycles. The Balaban J connectivity index is 1.94. The van der Waals surface area contributed by atoms with E-state index in [1.54, 1.807) is 6.92 Å². The number of nitro benzene ring substituents is 1. The molecule has 0 spiro atoms. The third kappa shape index (κ3) is 4.26. The zero-order chi connectivity index (χ0) is 15.4. The molecule has 1 amide bonds. The van der Waals surface area contributed by atoms with Crippen LogP contribution >= 0.6 is 27.7 Å². The number of nitrogens with one attached hydrogen (secondary N) is 1. The van der Waals surface area contributed by atoms with Crippen LogP contribution in [0.4, 0.5) is 11.4 Å². The summed E-state index contributed by atoms with van der Waals surface area (Å²) in [5.74, 6) is 0.229. The topological polar surface area (TPSA) is 111 Å². The molecule has 21 heavy (non-hydrogen) atoms. The molecule has 0 atom stereocenters. The first kappa shape index (κ1) is 15.4. The van der Waals surface area contributed by atoms with Gasteiger partial charge in [0.05, 0.1) is 16.4 Å². The van der Waals surface area contributed by atoms with Crippen LogP contribution in [0.15, 0.2) is 32.3 Å². The fraction of sp³-hybridized carbons (Fsp3) is 0.182. The number of aryl methyl sites for hydroxylation is 1. The highest BCUT2D eigenvalue weighted by atomic mass is 79.9. The SMILES string of the molecule is Cc1nnc(SCC(=O)Nc2ccc([N+](=O)[O-])cc2Br)o1. The van der Waals surface area contributed by atoms with Crippen molar-refractivity contribution in [1.82, 2.24) is 10.2 Å². The predicted octanol–water partition coefficient (Wildman–Crippen LogP) is 2.78. The first-order valence-corrected chi connectivity index (χ1v) is 7.40. The molecule has 0 aliphatic rings. The summed E-state index contributed by atoms with van der Waals surface area (Å²) in [4.78, 5) is 21.9. The number of amides is 1. The monoisotopic (exact) mass is 372 g/mol. The summed E-state index contributed by atoms with van der Waals surface area (Å²) in [5, 5.41) is 21.0. The van der Waals surface area contributed by atoms with E-state index in [-0.39, 0.29) is 17.3 Å². The maximum Gasteiger partial charge on any atom is 0.277 e. The largest absolute Gasteiger partial charge is 0.416 e. The Labute approximate surface area is 131 Å². The highest BCUT2D eigenvalue weighted by Gasteiger charge is 2.12. The van der Waals surface area contributed by atoms with Crippen LogP contribution in [0.25, 0.3) is 0 Å². The molecule has 8 nitrogen and oxygen atoms in total. The van der Waals surface area contributed by atoms with Crippen LogP contribution in [-0.2, 0) is 4.79 Å². The van der Waals surface area contributed by atoms with Crippen molar-refractivity contribution in [2.24, 2.45) is 0 Å². The molecule has 1 aromatic heterocycles. The average Bonchev–Trinajstić information content (AvgIpc) is 2.84. The maximum absolute atomic E-state index is 11.8.